The molecule has 0 unspecified atom stereocenters. The zero-order chi connectivity index (χ0) is 14.0. The van der Waals surface area contributed by atoms with Crippen molar-refractivity contribution in [1.29, 1.82) is 0 Å². The summed E-state index contributed by atoms with van der Waals surface area (Å²) in [5.74, 6) is -1.31. The Kier molecular flexibility index (Phi) is 3.69. The van der Waals surface area contributed by atoms with Gasteiger partial charge in [0.2, 0.25) is 0 Å². The number of anilines is 3. The molecule has 0 aliphatic carbocycles. The second kappa shape index (κ2) is 5.26. The van der Waals surface area contributed by atoms with Crippen LogP contribution in [0, 0.1) is 18.6 Å². The van der Waals surface area contributed by atoms with Gasteiger partial charge in [-0.15, -0.1) is 0 Å². The Hall–Kier alpha value is -2.10. The SMILES string of the molecule is CCN(c1ccc(C)cc1)c1c(F)cc(N)cc1F. The van der Waals surface area contributed by atoms with Crippen LogP contribution in [0.15, 0.2) is 36.4 Å². The quantitative estimate of drug-likeness (QED) is 0.847. The Morgan fingerprint density at radius 1 is 1.05 bits per heavy atom. The minimum Gasteiger partial charge on any atom is -0.399 e. The minimum absolute atomic E-state index is 0.0689. The zero-order valence-corrected chi connectivity index (χ0v) is 11.0. The molecule has 0 atom stereocenters. The summed E-state index contributed by atoms with van der Waals surface area (Å²) in [5, 5.41) is 0. The molecule has 0 bridgehead atoms. The third-order valence-electron chi connectivity index (χ3n) is 2.97. The van der Waals surface area contributed by atoms with E-state index in [1.54, 1.807) is 4.90 Å². The van der Waals surface area contributed by atoms with E-state index in [0.717, 1.165) is 23.4 Å². The van der Waals surface area contributed by atoms with Crippen molar-refractivity contribution in [3.63, 3.8) is 0 Å². The van der Waals surface area contributed by atoms with Gasteiger partial charge in [-0.3, -0.25) is 0 Å². The Labute approximate surface area is 111 Å². The number of nitrogen functional groups attached to an aromatic ring is 1. The Bertz CT molecular complexity index is 556. The van der Waals surface area contributed by atoms with E-state index in [9.17, 15) is 8.78 Å². The van der Waals surface area contributed by atoms with Gasteiger partial charge in [0.25, 0.3) is 0 Å². The van der Waals surface area contributed by atoms with Crippen molar-refractivity contribution in [1.82, 2.24) is 0 Å². The molecule has 19 heavy (non-hydrogen) atoms. The van der Waals surface area contributed by atoms with Crippen LogP contribution in [0.3, 0.4) is 0 Å². The number of benzene rings is 2. The molecule has 2 rings (SSSR count). The van der Waals surface area contributed by atoms with E-state index in [4.69, 9.17) is 5.73 Å². The molecule has 0 aromatic heterocycles. The summed E-state index contributed by atoms with van der Waals surface area (Å²) in [6.07, 6.45) is 0. The number of aryl methyl sites for hydroxylation is 1. The summed E-state index contributed by atoms with van der Waals surface area (Å²) in [6.45, 7) is 4.26. The Morgan fingerprint density at radius 2 is 1.58 bits per heavy atom. The summed E-state index contributed by atoms with van der Waals surface area (Å²) in [5.41, 5.74) is 7.28. The molecular weight excluding hydrogens is 246 g/mol. The normalized spacial score (nSPS) is 10.5. The first-order valence-corrected chi connectivity index (χ1v) is 6.11. The van der Waals surface area contributed by atoms with Crippen molar-refractivity contribution in [3.05, 3.63) is 53.6 Å². The molecular formula is C15H16F2N2. The first kappa shape index (κ1) is 13.3. The molecule has 0 saturated heterocycles. The third-order valence-corrected chi connectivity index (χ3v) is 2.97. The number of rotatable bonds is 3. The van der Waals surface area contributed by atoms with Gasteiger partial charge in [-0.25, -0.2) is 8.78 Å². The van der Waals surface area contributed by atoms with Crippen molar-refractivity contribution in [2.24, 2.45) is 0 Å². The molecule has 4 heteroatoms. The molecule has 2 nitrogen and oxygen atoms in total. The van der Waals surface area contributed by atoms with Gasteiger partial charge in [0.05, 0.1) is 0 Å². The first-order valence-electron chi connectivity index (χ1n) is 6.11. The van der Waals surface area contributed by atoms with Gasteiger partial charge in [-0.2, -0.15) is 0 Å². The van der Waals surface area contributed by atoms with Gasteiger partial charge in [0.1, 0.15) is 5.69 Å². The van der Waals surface area contributed by atoms with Crippen molar-refractivity contribution < 1.29 is 8.78 Å². The van der Waals surface area contributed by atoms with E-state index >= 15 is 0 Å². The van der Waals surface area contributed by atoms with Crippen LogP contribution in [0.25, 0.3) is 0 Å². The molecule has 100 valence electrons. The predicted octanol–water partition coefficient (Wildman–Crippen LogP) is 4.01. The molecule has 0 saturated carbocycles. The van der Waals surface area contributed by atoms with Crippen molar-refractivity contribution >= 4 is 17.1 Å². The monoisotopic (exact) mass is 262 g/mol. The predicted molar refractivity (Wildman–Crippen MR) is 74.6 cm³/mol. The van der Waals surface area contributed by atoms with Crippen molar-refractivity contribution in [3.8, 4) is 0 Å². The maximum absolute atomic E-state index is 14.0. The number of hydrogen-bond acceptors (Lipinski definition) is 2. The zero-order valence-electron chi connectivity index (χ0n) is 11.0. The van der Waals surface area contributed by atoms with Gasteiger partial charge < -0.3 is 10.6 Å². The first-order chi connectivity index (χ1) is 9.02. The van der Waals surface area contributed by atoms with E-state index in [0.29, 0.717) is 6.54 Å². The van der Waals surface area contributed by atoms with Crippen LogP contribution in [-0.4, -0.2) is 6.54 Å². The highest BCUT2D eigenvalue weighted by molar-refractivity contribution is 5.66. The molecule has 0 aliphatic rings. The highest BCUT2D eigenvalue weighted by Crippen LogP contribution is 2.31. The van der Waals surface area contributed by atoms with Gasteiger partial charge in [0.15, 0.2) is 11.6 Å². The van der Waals surface area contributed by atoms with Gasteiger partial charge >= 0.3 is 0 Å². The van der Waals surface area contributed by atoms with E-state index in [-0.39, 0.29) is 11.4 Å². The molecule has 0 heterocycles. The number of hydrogen-bond donors (Lipinski definition) is 1. The molecule has 2 aromatic rings. The highest BCUT2D eigenvalue weighted by atomic mass is 19.1. The fourth-order valence-corrected chi connectivity index (χ4v) is 2.04. The average molecular weight is 262 g/mol. The maximum atomic E-state index is 14.0. The Balaban J connectivity index is 2.51. The topological polar surface area (TPSA) is 29.3 Å². The lowest BCUT2D eigenvalue weighted by Gasteiger charge is -2.24. The van der Waals surface area contributed by atoms with Crippen molar-refractivity contribution in [2.45, 2.75) is 13.8 Å². The second-order valence-electron chi connectivity index (χ2n) is 4.41. The lowest BCUT2D eigenvalue weighted by Crippen LogP contribution is -2.19. The molecule has 0 radical (unpaired) electrons. The Morgan fingerprint density at radius 3 is 2.05 bits per heavy atom. The summed E-state index contributed by atoms with van der Waals surface area (Å²) >= 11 is 0. The minimum atomic E-state index is -0.653. The van der Waals surface area contributed by atoms with E-state index < -0.39 is 11.6 Å². The summed E-state index contributed by atoms with van der Waals surface area (Å²) < 4.78 is 27.9. The lowest BCUT2D eigenvalue weighted by molar-refractivity contribution is 0.582. The maximum Gasteiger partial charge on any atom is 0.151 e. The summed E-state index contributed by atoms with van der Waals surface area (Å²) in [4.78, 5) is 1.59. The van der Waals surface area contributed by atoms with Crippen LogP contribution < -0.4 is 10.6 Å². The molecule has 0 amide bonds. The molecule has 2 N–H and O–H groups in total. The summed E-state index contributed by atoms with van der Waals surface area (Å²) in [6, 6.07) is 9.77. The van der Waals surface area contributed by atoms with E-state index in [2.05, 4.69) is 0 Å². The standard InChI is InChI=1S/C15H16F2N2/c1-3-19(12-6-4-10(2)5-7-12)15-13(16)8-11(18)9-14(15)17/h4-9H,3,18H2,1-2H3. The number of halogens is 2. The lowest BCUT2D eigenvalue weighted by atomic mass is 10.1. The van der Waals surface area contributed by atoms with Gasteiger partial charge in [-0.05, 0) is 38.1 Å². The van der Waals surface area contributed by atoms with E-state index in [1.807, 2.05) is 38.1 Å². The fourth-order valence-electron chi connectivity index (χ4n) is 2.04. The number of nitrogens with two attached hydrogens (primary N) is 1. The largest absolute Gasteiger partial charge is 0.399 e. The highest BCUT2D eigenvalue weighted by Gasteiger charge is 2.17. The van der Waals surface area contributed by atoms with Crippen molar-refractivity contribution in [2.75, 3.05) is 17.2 Å². The third kappa shape index (κ3) is 2.67. The summed E-state index contributed by atoms with van der Waals surface area (Å²) in [7, 11) is 0. The van der Waals surface area contributed by atoms with Crippen LogP contribution in [0.4, 0.5) is 25.8 Å². The molecule has 0 aliphatic heterocycles. The second-order valence-corrected chi connectivity index (χ2v) is 4.41. The molecule has 2 aromatic carbocycles. The van der Waals surface area contributed by atoms with Crippen LogP contribution in [0.5, 0.6) is 0 Å². The van der Waals surface area contributed by atoms with Gasteiger partial charge in [0, 0.05) is 17.9 Å². The number of nitrogens with zero attached hydrogens (tertiary/aromatic N) is 1. The van der Waals surface area contributed by atoms with E-state index in [1.165, 1.54) is 0 Å². The van der Waals surface area contributed by atoms with Crippen LogP contribution >= 0.6 is 0 Å². The van der Waals surface area contributed by atoms with Crippen LogP contribution in [0.1, 0.15) is 12.5 Å². The average Bonchev–Trinajstić information content (AvgIpc) is 2.35. The van der Waals surface area contributed by atoms with Gasteiger partial charge in [-0.1, -0.05) is 17.7 Å². The molecule has 0 spiro atoms. The fraction of sp³-hybridized carbons (Fsp3) is 0.200. The smallest absolute Gasteiger partial charge is 0.151 e. The molecule has 0 fully saturated rings. The van der Waals surface area contributed by atoms with Crippen LogP contribution in [0.2, 0.25) is 0 Å². The van der Waals surface area contributed by atoms with Crippen LogP contribution in [-0.2, 0) is 0 Å².